The van der Waals surface area contributed by atoms with E-state index in [1.165, 1.54) is 0 Å². The number of unbranched alkanes of at least 4 members (excludes halogenated alkanes) is 1. The molecule has 0 radical (unpaired) electrons. The van der Waals surface area contributed by atoms with Gasteiger partial charge in [0.2, 0.25) is 0 Å². The van der Waals surface area contributed by atoms with Crippen molar-refractivity contribution in [1.29, 1.82) is 5.26 Å². The summed E-state index contributed by atoms with van der Waals surface area (Å²) in [5.41, 5.74) is 0.252. The average Bonchev–Trinajstić information content (AvgIpc) is 2.91. The highest BCUT2D eigenvalue weighted by atomic mass is 16.8. The van der Waals surface area contributed by atoms with Crippen molar-refractivity contribution in [2.24, 2.45) is 0 Å². The third-order valence-corrected chi connectivity index (χ3v) is 3.83. The minimum atomic E-state index is -0.687. The van der Waals surface area contributed by atoms with Gasteiger partial charge in [-0.05, 0) is 20.3 Å². The van der Waals surface area contributed by atoms with Crippen LogP contribution in [0, 0.1) is 11.3 Å². The first-order valence-electron chi connectivity index (χ1n) is 7.46. The van der Waals surface area contributed by atoms with Crippen molar-refractivity contribution >= 4 is 0 Å². The first kappa shape index (κ1) is 16.2. The zero-order valence-corrected chi connectivity index (χ0v) is 12.8. The molecule has 0 saturated carbocycles. The molecule has 0 aliphatic carbocycles. The second-order valence-electron chi connectivity index (χ2n) is 5.94. The SMILES string of the molecule is CCCCOC[C@H]1NC(/C(C#N)=C/O)[C@@H]2OC(C)(C)O[C@H]12. The smallest absolute Gasteiger partial charge is 0.163 e. The molecule has 0 aromatic carbocycles. The molecule has 6 nitrogen and oxygen atoms in total. The van der Waals surface area contributed by atoms with Crippen molar-refractivity contribution in [3.05, 3.63) is 11.8 Å². The first-order valence-corrected chi connectivity index (χ1v) is 7.46. The van der Waals surface area contributed by atoms with Crippen molar-refractivity contribution in [3.8, 4) is 6.07 Å². The Morgan fingerprint density at radius 1 is 1.43 bits per heavy atom. The van der Waals surface area contributed by atoms with Gasteiger partial charge in [-0.1, -0.05) is 13.3 Å². The predicted molar refractivity (Wildman–Crippen MR) is 76.6 cm³/mol. The standard InChI is InChI=1S/C15H24N2O4/c1-4-5-6-19-9-11-13-14(21-15(2,3)20-13)12(17-11)10(7-16)8-18/h8,11-14,17-18H,4-6,9H2,1-3H3/b10-8+/t11-,12?,13-,14+/m1/s1. The molecule has 2 N–H and O–H groups in total. The third kappa shape index (κ3) is 3.55. The quantitative estimate of drug-likeness (QED) is 0.440. The Morgan fingerprint density at radius 3 is 2.76 bits per heavy atom. The molecule has 0 spiro atoms. The van der Waals surface area contributed by atoms with E-state index < -0.39 is 5.79 Å². The monoisotopic (exact) mass is 296 g/mol. The van der Waals surface area contributed by atoms with Crippen molar-refractivity contribution in [2.75, 3.05) is 13.2 Å². The number of ether oxygens (including phenoxy) is 3. The highest BCUT2D eigenvalue weighted by Crippen LogP contribution is 2.37. The minimum absolute atomic E-state index is 0.0538. The third-order valence-electron chi connectivity index (χ3n) is 3.83. The van der Waals surface area contributed by atoms with Gasteiger partial charge in [0, 0.05) is 6.61 Å². The topological polar surface area (TPSA) is 83.7 Å². The largest absolute Gasteiger partial charge is 0.514 e. The number of nitrogens with zero attached hydrogens (tertiary/aromatic N) is 1. The molecule has 118 valence electrons. The van der Waals surface area contributed by atoms with Crippen LogP contribution in [0.2, 0.25) is 0 Å². The van der Waals surface area contributed by atoms with Crippen LogP contribution < -0.4 is 5.32 Å². The van der Waals surface area contributed by atoms with Gasteiger partial charge in [-0.25, -0.2) is 0 Å². The van der Waals surface area contributed by atoms with E-state index in [1.807, 2.05) is 19.9 Å². The van der Waals surface area contributed by atoms with Gasteiger partial charge in [0.15, 0.2) is 5.79 Å². The summed E-state index contributed by atoms with van der Waals surface area (Å²) in [5.74, 6) is -0.687. The lowest BCUT2D eigenvalue weighted by atomic mass is 10.0. The van der Waals surface area contributed by atoms with E-state index in [0.29, 0.717) is 13.2 Å². The van der Waals surface area contributed by atoms with Crippen molar-refractivity contribution in [2.45, 2.75) is 63.7 Å². The highest BCUT2D eigenvalue weighted by molar-refractivity contribution is 5.30. The number of aliphatic hydroxyl groups excluding tert-OH is 1. The number of hydrogen-bond acceptors (Lipinski definition) is 6. The van der Waals surface area contributed by atoms with Gasteiger partial charge in [0.05, 0.1) is 36.6 Å². The molecule has 2 aliphatic heterocycles. The van der Waals surface area contributed by atoms with E-state index in [0.717, 1.165) is 19.1 Å². The normalized spacial score (nSPS) is 34.7. The first-order chi connectivity index (χ1) is 10.0. The Bertz CT molecular complexity index is 430. The van der Waals surface area contributed by atoms with Crippen LogP contribution in [0.1, 0.15) is 33.6 Å². The van der Waals surface area contributed by atoms with Crippen LogP contribution in [0.4, 0.5) is 0 Å². The van der Waals surface area contributed by atoms with Crippen LogP contribution in [0.3, 0.4) is 0 Å². The zero-order chi connectivity index (χ0) is 15.5. The van der Waals surface area contributed by atoms with E-state index in [9.17, 15) is 5.11 Å². The van der Waals surface area contributed by atoms with Gasteiger partial charge < -0.3 is 19.3 Å². The van der Waals surface area contributed by atoms with E-state index in [1.54, 1.807) is 0 Å². The van der Waals surface area contributed by atoms with Crippen LogP contribution >= 0.6 is 0 Å². The second kappa shape index (κ2) is 6.75. The summed E-state index contributed by atoms with van der Waals surface area (Å²) in [6.07, 6.45) is 2.47. The molecule has 21 heavy (non-hydrogen) atoms. The number of fused-ring (bicyclic) bond motifs is 1. The maximum absolute atomic E-state index is 9.22. The van der Waals surface area contributed by atoms with Gasteiger partial charge in [-0.3, -0.25) is 5.32 Å². The Hall–Kier alpha value is -1.13. The molecule has 2 heterocycles. The summed E-state index contributed by atoms with van der Waals surface area (Å²) in [4.78, 5) is 0. The lowest BCUT2D eigenvalue weighted by Crippen LogP contribution is -2.41. The molecular formula is C15H24N2O4. The molecule has 0 bridgehead atoms. The van der Waals surface area contributed by atoms with Gasteiger partial charge in [0.25, 0.3) is 0 Å². The molecule has 6 heteroatoms. The lowest BCUT2D eigenvalue weighted by Gasteiger charge is -2.24. The molecule has 2 aliphatic rings. The molecule has 1 unspecified atom stereocenters. The number of rotatable bonds is 6. The zero-order valence-electron chi connectivity index (χ0n) is 12.8. The Kier molecular flexibility index (Phi) is 5.22. The van der Waals surface area contributed by atoms with Crippen molar-refractivity contribution in [1.82, 2.24) is 5.32 Å². The molecule has 0 aromatic heterocycles. The Morgan fingerprint density at radius 2 is 2.14 bits per heavy atom. The molecule has 2 fully saturated rings. The summed E-state index contributed by atoms with van der Waals surface area (Å²) in [7, 11) is 0. The van der Waals surface area contributed by atoms with Crippen molar-refractivity contribution < 1.29 is 19.3 Å². The fourth-order valence-electron chi connectivity index (χ4n) is 2.85. The van der Waals surface area contributed by atoms with E-state index in [4.69, 9.17) is 19.5 Å². The predicted octanol–water partition coefficient (Wildman–Crippen LogP) is 1.63. The van der Waals surface area contributed by atoms with E-state index >= 15 is 0 Å². The average molecular weight is 296 g/mol. The summed E-state index contributed by atoms with van der Waals surface area (Å²) in [6.45, 7) is 7.03. The highest BCUT2D eigenvalue weighted by Gasteiger charge is 2.54. The van der Waals surface area contributed by atoms with Gasteiger partial charge in [0.1, 0.15) is 12.2 Å². The number of nitriles is 1. The van der Waals surface area contributed by atoms with E-state index in [-0.39, 0.29) is 29.9 Å². The van der Waals surface area contributed by atoms with Crippen LogP contribution in [0.25, 0.3) is 0 Å². The Balaban J connectivity index is 2.05. The molecule has 4 atom stereocenters. The van der Waals surface area contributed by atoms with Crippen LogP contribution in [0.15, 0.2) is 11.8 Å². The summed E-state index contributed by atoms with van der Waals surface area (Å²) in [5, 5.41) is 21.6. The molecular weight excluding hydrogens is 272 g/mol. The van der Waals surface area contributed by atoms with Crippen LogP contribution in [-0.2, 0) is 14.2 Å². The summed E-state index contributed by atoms with van der Waals surface area (Å²) in [6, 6.07) is 1.58. The summed E-state index contributed by atoms with van der Waals surface area (Å²) >= 11 is 0. The maximum Gasteiger partial charge on any atom is 0.163 e. The minimum Gasteiger partial charge on any atom is -0.514 e. The van der Waals surface area contributed by atoms with Gasteiger partial charge in [-0.15, -0.1) is 0 Å². The maximum atomic E-state index is 9.22. The number of hydrogen-bond donors (Lipinski definition) is 2. The fourth-order valence-corrected chi connectivity index (χ4v) is 2.85. The van der Waals surface area contributed by atoms with Crippen LogP contribution in [-0.4, -0.2) is 48.4 Å². The number of aliphatic hydroxyl groups is 1. The molecule has 0 aromatic rings. The van der Waals surface area contributed by atoms with Gasteiger partial charge in [-0.2, -0.15) is 5.26 Å². The summed E-state index contributed by atoms with van der Waals surface area (Å²) < 4.78 is 17.5. The molecule has 2 rings (SSSR count). The molecule has 2 saturated heterocycles. The van der Waals surface area contributed by atoms with Crippen molar-refractivity contribution in [3.63, 3.8) is 0 Å². The number of nitrogens with one attached hydrogen (secondary N) is 1. The lowest BCUT2D eigenvalue weighted by molar-refractivity contribution is -0.157. The van der Waals surface area contributed by atoms with Crippen LogP contribution in [0.5, 0.6) is 0 Å². The second-order valence-corrected chi connectivity index (χ2v) is 5.94. The Labute approximate surface area is 125 Å². The fraction of sp³-hybridized carbons (Fsp3) is 0.800. The molecule has 0 amide bonds. The van der Waals surface area contributed by atoms with E-state index in [2.05, 4.69) is 12.2 Å². The van der Waals surface area contributed by atoms with Gasteiger partial charge >= 0.3 is 0 Å².